The number of nitrogens with zero attached hydrogens (tertiary/aromatic N) is 2. The molecule has 1 aromatic heterocycles. The first-order valence-electron chi connectivity index (χ1n) is 9.44. The van der Waals surface area contributed by atoms with Crippen LogP contribution in [0.1, 0.15) is 50.3 Å². The van der Waals surface area contributed by atoms with Gasteiger partial charge in [-0.3, -0.25) is 9.59 Å². The first kappa shape index (κ1) is 17.9. The van der Waals surface area contributed by atoms with Crippen molar-refractivity contribution in [2.45, 2.75) is 44.4 Å². The monoisotopic (exact) mass is 369 g/mol. The summed E-state index contributed by atoms with van der Waals surface area (Å²) in [5, 5.41) is 0. The molecular weight excluding hydrogens is 345 g/mol. The maximum atomic E-state index is 14.5. The van der Waals surface area contributed by atoms with Crippen LogP contribution in [0.25, 0.3) is 0 Å². The Kier molecular flexibility index (Phi) is 4.17. The summed E-state index contributed by atoms with van der Waals surface area (Å²) in [5.74, 6) is -0.109. The molecule has 1 saturated carbocycles. The Labute approximate surface area is 157 Å². The molecule has 27 heavy (non-hydrogen) atoms. The lowest BCUT2D eigenvalue weighted by Crippen LogP contribution is -2.45. The van der Waals surface area contributed by atoms with Gasteiger partial charge in [-0.15, -0.1) is 0 Å². The van der Waals surface area contributed by atoms with E-state index in [-0.39, 0.29) is 28.6 Å². The van der Waals surface area contributed by atoms with Crippen LogP contribution in [0.4, 0.5) is 4.39 Å². The van der Waals surface area contributed by atoms with Crippen LogP contribution in [0.5, 0.6) is 0 Å². The van der Waals surface area contributed by atoms with E-state index in [0.29, 0.717) is 25.1 Å². The van der Waals surface area contributed by atoms with Crippen LogP contribution in [0, 0.1) is 11.2 Å². The van der Waals surface area contributed by atoms with Gasteiger partial charge < -0.3 is 9.88 Å². The second-order valence-electron chi connectivity index (χ2n) is 8.35. The van der Waals surface area contributed by atoms with Crippen LogP contribution in [0.2, 0.25) is 0 Å². The summed E-state index contributed by atoms with van der Waals surface area (Å²) in [6.07, 6.45) is 3.61. The van der Waals surface area contributed by atoms with E-state index in [1.54, 1.807) is 18.2 Å². The molecule has 2 aliphatic rings. The van der Waals surface area contributed by atoms with Crippen molar-refractivity contribution in [2.75, 3.05) is 13.1 Å². The highest BCUT2D eigenvalue weighted by molar-refractivity contribution is 5.93. The van der Waals surface area contributed by atoms with Crippen LogP contribution < -0.4 is 5.56 Å². The van der Waals surface area contributed by atoms with E-state index >= 15 is 0 Å². The number of benzene rings is 1. The lowest BCUT2D eigenvalue weighted by atomic mass is 9.84. The number of likely N-dealkylation sites (tertiary alicyclic amines) is 1. The number of hydrogen-bond donors (Lipinski definition) is 1. The fraction of sp³-hybridized carbons (Fsp3) is 0.476. The van der Waals surface area contributed by atoms with Crippen molar-refractivity contribution < 1.29 is 9.18 Å². The van der Waals surface area contributed by atoms with Crippen LogP contribution in [0.15, 0.2) is 41.5 Å². The van der Waals surface area contributed by atoms with E-state index in [0.717, 1.165) is 18.5 Å². The van der Waals surface area contributed by atoms with Crippen molar-refractivity contribution in [1.82, 2.24) is 14.9 Å². The molecule has 1 amide bonds. The molecule has 6 heteroatoms. The molecule has 4 rings (SSSR count). The largest absolute Gasteiger partial charge is 0.342 e. The third kappa shape index (κ3) is 2.87. The number of aromatic amines is 1. The second-order valence-corrected chi connectivity index (χ2v) is 8.35. The van der Waals surface area contributed by atoms with E-state index in [1.165, 1.54) is 18.5 Å². The van der Waals surface area contributed by atoms with Gasteiger partial charge in [0.05, 0.1) is 17.4 Å². The highest BCUT2D eigenvalue weighted by Crippen LogP contribution is 2.65. The van der Waals surface area contributed by atoms with Crippen LogP contribution in [-0.4, -0.2) is 33.9 Å². The maximum absolute atomic E-state index is 14.5. The molecule has 0 unspecified atom stereocenters. The minimum absolute atomic E-state index is 0.0231. The number of carbonyl (C=O) groups excluding carboxylic acids is 1. The van der Waals surface area contributed by atoms with Gasteiger partial charge in [-0.1, -0.05) is 32.0 Å². The topological polar surface area (TPSA) is 66.1 Å². The maximum Gasteiger partial charge on any atom is 0.250 e. The number of halogens is 1. The lowest BCUT2D eigenvalue weighted by molar-refractivity contribution is -0.136. The number of carbonyl (C=O) groups is 1. The number of nitrogens with one attached hydrogen (secondary N) is 1. The van der Waals surface area contributed by atoms with Gasteiger partial charge in [-0.25, -0.2) is 9.37 Å². The molecule has 1 aromatic carbocycles. The predicted octanol–water partition coefficient (Wildman–Crippen LogP) is 2.98. The second kappa shape index (κ2) is 6.29. The Balaban J connectivity index is 1.54. The molecule has 142 valence electrons. The standard InChI is InChI=1S/C21H24FN3O2/c1-20(2)12-21(20,15-5-3-4-6-16(15)22)19(27)25-9-7-14(8-10-25)17-11-18(26)24-13-23-17/h3-6,11,13-14H,7-10,12H2,1-2H3,(H,23,24,26)/t21-/m1/s1. The van der Waals surface area contributed by atoms with Crippen molar-refractivity contribution in [3.8, 4) is 0 Å². The molecule has 0 bridgehead atoms. The number of aromatic nitrogens is 2. The molecule has 5 nitrogen and oxygen atoms in total. The van der Waals surface area contributed by atoms with Gasteiger partial charge in [0.15, 0.2) is 0 Å². The highest BCUT2D eigenvalue weighted by Gasteiger charge is 2.68. The SMILES string of the molecule is CC1(C)C[C@]1(C(=O)N1CCC(c2cc(=O)[nH]cn2)CC1)c1ccccc1F. The fourth-order valence-corrected chi connectivity index (χ4v) is 4.62. The Morgan fingerprint density at radius 2 is 1.93 bits per heavy atom. The molecule has 1 saturated heterocycles. The normalized spacial score (nSPS) is 24.6. The molecular formula is C21H24FN3O2. The zero-order valence-corrected chi connectivity index (χ0v) is 15.7. The highest BCUT2D eigenvalue weighted by atomic mass is 19.1. The molecule has 1 N–H and O–H groups in total. The summed E-state index contributed by atoms with van der Waals surface area (Å²) in [6.45, 7) is 5.27. The first-order chi connectivity index (χ1) is 12.8. The van der Waals surface area contributed by atoms with Crippen molar-refractivity contribution in [2.24, 2.45) is 5.41 Å². The first-order valence-corrected chi connectivity index (χ1v) is 9.44. The summed E-state index contributed by atoms with van der Waals surface area (Å²) in [4.78, 5) is 33.6. The number of amides is 1. The molecule has 1 aliphatic heterocycles. The third-order valence-electron chi connectivity index (χ3n) is 6.34. The zero-order valence-electron chi connectivity index (χ0n) is 15.7. The van der Waals surface area contributed by atoms with Crippen LogP contribution in [-0.2, 0) is 10.2 Å². The third-order valence-corrected chi connectivity index (χ3v) is 6.34. The van der Waals surface area contributed by atoms with Gasteiger partial charge in [0.1, 0.15) is 5.82 Å². The minimum atomic E-state index is -0.771. The Morgan fingerprint density at radius 1 is 1.26 bits per heavy atom. The van der Waals surface area contributed by atoms with Crippen LogP contribution >= 0.6 is 0 Å². The fourth-order valence-electron chi connectivity index (χ4n) is 4.62. The molecule has 0 spiro atoms. The summed E-state index contributed by atoms with van der Waals surface area (Å²) in [7, 11) is 0. The Morgan fingerprint density at radius 3 is 2.52 bits per heavy atom. The van der Waals surface area contributed by atoms with Crippen LogP contribution in [0.3, 0.4) is 0 Å². The van der Waals surface area contributed by atoms with Gasteiger partial charge in [0.2, 0.25) is 5.91 Å². The molecule has 1 aliphatic carbocycles. The van der Waals surface area contributed by atoms with Gasteiger partial charge in [-0.2, -0.15) is 0 Å². The summed E-state index contributed by atoms with van der Waals surface area (Å²) >= 11 is 0. The number of hydrogen-bond acceptors (Lipinski definition) is 3. The van der Waals surface area contributed by atoms with E-state index in [2.05, 4.69) is 9.97 Å². The quantitative estimate of drug-likeness (QED) is 0.905. The predicted molar refractivity (Wildman–Crippen MR) is 99.9 cm³/mol. The average Bonchev–Trinajstić information content (AvgIpc) is 3.25. The van der Waals surface area contributed by atoms with Crippen molar-refractivity contribution >= 4 is 5.91 Å². The molecule has 1 atom stereocenters. The van der Waals surface area contributed by atoms with E-state index in [9.17, 15) is 14.0 Å². The number of piperidine rings is 1. The van der Waals surface area contributed by atoms with Gasteiger partial charge in [0.25, 0.3) is 5.56 Å². The summed E-state index contributed by atoms with van der Waals surface area (Å²) in [5.41, 5.74) is 0.113. The van der Waals surface area contributed by atoms with Crippen molar-refractivity contribution in [3.05, 3.63) is 64.1 Å². The van der Waals surface area contributed by atoms with Gasteiger partial charge in [-0.05, 0) is 30.7 Å². The summed E-state index contributed by atoms with van der Waals surface area (Å²) in [6, 6.07) is 8.17. The van der Waals surface area contributed by atoms with Crippen molar-refractivity contribution in [1.29, 1.82) is 0 Å². The van der Waals surface area contributed by atoms with E-state index < -0.39 is 5.41 Å². The lowest BCUT2D eigenvalue weighted by Gasteiger charge is -2.35. The molecule has 2 heterocycles. The molecule has 0 radical (unpaired) electrons. The Hall–Kier alpha value is -2.50. The van der Waals surface area contributed by atoms with Crippen molar-refractivity contribution in [3.63, 3.8) is 0 Å². The molecule has 2 fully saturated rings. The summed E-state index contributed by atoms with van der Waals surface area (Å²) < 4.78 is 14.5. The molecule has 2 aromatic rings. The number of rotatable bonds is 3. The van der Waals surface area contributed by atoms with E-state index in [1.807, 2.05) is 18.7 Å². The Bertz CT molecular complexity index is 931. The van der Waals surface area contributed by atoms with Gasteiger partial charge >= 0.3 is 0 Å². The van der Waals surface area contributed by atoms with Gasteiger partial charge in [0, 0.05) is 30.6 Å². The average molecular weight is 369 g/mol. The number of H-pyrrole nitrogens is 1. The minimum Gasteiger partial charge on any atom is -0.342 e. The smallest absolute Gasteiger partial charge is 0.250 e. The van der Waals surface area contributed by atoms with E-state index in [4.69, 9.17) is 0 Å². The zero-order chi connectivity index (χ0) is 19.2.